The number of amides is 2. The number of carbonyl (C=O) groups excluding carboxylic acids is 3. The Kier molecular flexibility index (Phi) is 5.79. The molecule has 0 aliphatic carbocycles. The number of fused-ring (bicyclic) bond motifs is 1. The smallest absolute Gasteiger partial charge is 0.330 e. The third kappa shape index (κ3) is 4.13. The van der Waals surface area contributed by atoms with E-state index in [0.717, 1.165) is 12.8 Å². The highest BCUT2D eigenvalue weighted by Gasteiger charge is 2.53. The second-order valence-corrected chi connectivity index (χ2v) is 8.85. The average Bonchev–Trinajstić information content (AvgIpc) is 3.15. The summed E-state index contributed by atoms with van der Waals surface area (Å²) in [5.74, 6) is 0.0681. The van der Waals surface area contributed by atoms with Crippen molar-refractivity contribution >= 4 is 35.2 Å². The molecular formula is C20H26N2O4S. The van der Waals surface area contributed by atoms with Crippen LogP contribution in [0.5, 0.6) is 0 Å². The van der Waals surface area contributed by atoms with E-state index in [1.54, 1.807) is 16.7 Å². The van der Waals surface area contributed by atoms with Crippen LogP contribution in [0.4, 0.5) is 5.69 Å². The SMILES string of the molecule is CC[C@H](C)c1ccc(NC(=O)COC(=O)[C@@H]2CS[C@@]3(C)CCC(=O)N23)cc1. The third-order valence-corrected chi connectivity index (χ3v) is 6.94. The zero-order valence-corrected chi connectivity index (χ0v) is 16.8. The van der Waals surface area contributed by atoms with E-state index < -0.39 is 12.0 Å². The van der Waals surface area contributed by atoms with Crippen LogP contribution in [0.15, 0.2) is 24.3 Å². The van der Waals surface area contributed by atoms with Crippen molar-refractivity contribution in [2.45, 2.75) is 56.9 Å². The number of thioether (sulfide) groups is 1. The first kappa shape index (κ1) is 19.7. The molecule has 2 fully saturated rings. The Morgan fingerprint density at radius 3 is 2.74 bits per heavy atom. The summed E-state index contributed by atoms with van der Waals surface area (Å²) in [4.78, 5) is 37.9. The molecule has 1 aromatic rings. The number of esters is 1. The first-order chi connectivity index (χ1) is 12.8. The Morgan fingerprint density at radius 1 is 1.37 bits per heavy atom. The predicted molar refractivity (Wildman–Crippen MR) is 105 cm³/mol. The summed E-state index contributed by atoms with van der Waals surface area (Å²) in [6.07, 6.45) is 2.26. The lowest BCUT2D eigenvalue weighted by Crippen LogP contribution is -2.47. The number of anilines is 1. The molecule has 1 N–H and O–H groups in total. The maximum absolute atomic E-state index is 12.4. The molecule has 2 saturated heterocycles. The number of carbonyl (C=O) groups is 3. The van der Waals surface area contributed by atoms with Crippen LogP contribution < -0.4 is 5.32 Å². The summed E-state index contributed by atoms with van der Waals surface area (Å²) in [7, 11) is 0. The second kappa shape index (κ2) is 7.92. The van der Waals surface area contributed by atoms with E-state index in [4.69, 9.17) is 4.74 Å². The minimum atomic E-state index is -0.599. The van der Waals surface area contributed by atoms with Crippen molar-refractivity contribution in [2.24, 2.45) is 0 Å². The lowest BCUT2D eigenvalue weighted by molar-refractivity contribution is -0.155. The molecule has 7 heteroatoms. The lowest BCUT2D eigenvalue weighted by Gasteiger charge is -2.29. The van der Waals surface area contributed by atoms with Crippen LogP contribution in [0.3, 0.4) is 0 Å². The molecule has 3 rings (SSSR count). The summed E-state index contributed by atoms with van der Waals surface area (Å²) in [5.41, 5.74) is 1.89. The van der Waals surface area contributed by atoms with E-state index in [9.17, 15) is 14.4 Å². The van der Waals surface area contributed by atoms with E-state index in [1.165, 1.54) is 5.56 Å². The van der Waals surface area contributed by atoms with Crippen LogP contribution in [0.1, 0.15) is 51.5 Å². The van der Waals surface area contributed by atoms with Crippen molar-refractivity contribution in [1.29, 1.82) is 0 Å². The Balaban J connectivity index is 1.50. The van der Waals surface area contributed by atoms with Crippen molar-refractivity contribution in [2.75, 3.05) is 17.7 Å². The van der Waals surface area contributed by atoms with Gasteiger partial charge in [0.25, 0.3) is 5.91 Å². The summed E-state index contributed by atoms with van der Waals surface area (Å²) in [6, 6.07) is 7.08. The minimum Gasteiger partial charge on any atom is -0.454 e. The molecule has 2 aliphatic rings. The average molecular weight is 391 g/mol. The van der Waals surface area contributed by atoms with Crippen molar-refractivity contribution in [3.05, 3.63) is 29.8 Å². The van der Waals surface area contributed by atoms with Crippen LogP contribution in [0.2, 0.25) is 0 Å². The summed E-state index contributed by atoms with van der Waals surface area (Å²) in [5, 5.41) is 2.73. The normalized spacial score (nSPS) is 25.2. The molecular weight excluding hydrogens is 364 g/mol. The van der Waals surface area contributed by atoms with Crippen molar-refractivity contribution in [3.8, 4) is 0 Å². The maximum atomic E-state index is 12.4. The Labute approximate surface area is 164 Å². The topological polar surface area (TPSA) is 75.7 Å². The van der Waals surface area contributed by atoms with Gasteiger partial charge in [-0.05, 0) is 43.4 Å². The van der Waals surface area contributed by atoms with Gasteiger partial charge in [0.15, 0.2) is 6.61 Å². The molecule has 2 heterocycles. The fourth-order valence-corrected chi connectivity index (χ4v) is 4.97. The zero-order valence-electron chi connectivity index (χ0n) is 16.0. The van der Waals surface area contributed by atoms with E-state index >= 15 is 0 Å². The molecule has 0 bridgehead atoms. The Bertz CT molecular complexity index is 736. The Morgan fingerprint density at radius 2 is 2.07 bits per heavy atom. The van der Waals surface area contributed by atoms with E-state index in [0.29, 0.717) is 23.8 Å². The van der Waals surface area contributed by atoms with E-state index in [1.807, 2.05) is 31.2 Å². The number of hydrogen-bond donors (Lipinski definition) is 1. The van der Waals surface area contributed by atoms with Crippen LogP contribution in [-0.2, 0) is 19.1 Å². The molecule has 3 atom stereocenters. The zero-order chi connectivity index (χ0) is 19.6. The Hall–Kier alpha value is -2.02. The number of rotatable bonds is 6. The number of nitrogens with one attached hydrogen (secondary N) is 1. The molecule has 2 aliphatic heterocycles. The quantitative estimate of drug-likeness (QED) is 0.755. The lowest BCUT2D eigenvalue weighted by atomic mass is 9.99. The van der Waals surface area contributed by atoms with Crippen molar-refractivity contribution in [1.82, 2.24) is 4.90 Å². The van der Waals surface area contributed by atoms with Gasteiger partial charge in [-0.2, -0.15) is 0 Å². The fourth-order valence-electron chi connectivity index (χ4n) is 3.56. The maximum Gasteiger partial charge on any atom is 0.330 e. The first-order valence-electron chi connectivity index (χ1n) is 9.36. The monoisotopic (exact) mass is 390 g/mol. The van der Waals surface area contributed by atoms with Crippen molar-refractivity contribution in [3.63, 3.8) is 0 Å². The highest BCUT2D eigenvalue weighted by atomic mass is 32.2. The van der Waals surface area contributed by atoms with Crippen LogP contribution >= 0.6 is 11.8 Å². The molecule has 0 radical (unpaired) electrons. The minimum absolute atomic E-state index is 0.0182. The molecule has 0 unspecified atom stereocenters. The standard InChI is InChI=1S/C20H26N2O4S/c1-4-13(2)14-5-7-15(8-6-14)21-17(23)11-26-19(25)16-12-27-20(3)10-9-18(24)22(16)20/h5-8,13,16H,4,9-12H2,1-3H3,(H,21,23)/t13-,16-,20-/m0/s1. The molecule has 27 heavy (non-hydrogen) atoms. The van der Waals surface area contributed by atoms with Gasteiger partial charge in [-0.3, -0.25) is 9.59 Å². The molecule has 0 saturated carbocycles. The van der Waals surface area contributed by atoms with Gasteiger partial charge in [0.1, 0.15) is 6.04 Å². The van der Waals surface area contributed by atoms with Gasteiger partial charge in [0.05, 0.1) is 4.87 Å². The second-order valence-electron chi connectivity index (χ2n) is 7.35. The van der Waals surface area contributed by atoms with E-state index in [2.05, 4.69) is 19.2 Å². The first-order valence-corrected chi connectivity index (χ1v) is 10.3. The van der Waals surface area contributed by atoms with Gasteiger partial charge >= 0.3 is 5.97 Å². The van der Waals surface area contributed by atoms with Crippen LogP contribution in [-0.4, -0.2) is 46.0 Å². The van der Waals surface area contributed by atoms with Crippen molar-refractivity contribution < 1.29 is 19.1 Å². The number of hydrogen-bond acceptors (Lipinski definition) is 5. The molecule has 0 aromatic heterocycles. The third-order valence-electron chi connectivity index (χ3n) is 5.44. The van der Waals surface area contributed by atoms with E-state index in [-0.39, 0.29) is 23.3 Å². The predicted octanol–water partition coefficient (Wildman–Crippen LogP) is 3.14. The van der Waals surface area contributed by atoms with Crippen LogP contribution in [0, 0.1) is 0 Å². The number of nitrogens with zero attached hydrogens (tertiary/aromatic N) is 1. The molecule has 1 aromatic carbocycles. The molecule has 6 nitrogen and oxygen atoms in total. The fraction of sp³-hybridized carbons (Fsp3) is 0.550. The molecule has 146 valence electrons. The van der Waals surface area contributed by atoms with Gasteiger partial charge in [-0.15, -0.1) is 11.8 Å². The number of benzene rings is 1. The summed E-state index contributed by atoms with van der Waals surface area (Å²) in [6.45, 7) is 5.91. The van der Waals surface area contributed by atoms with Gasteiger partial charge in [-0.1, -0.05) is 26.0 Å². The molecule has 2 amide bonds. The number of ether oxygens (including phenoxy) is 1. The summed E-state index contributed by atoms with van der Waals surface area (Å²) < 4.78 is 5.18. The van der Waals surface area contributed by atoms with Gasteiger partial charge in [0.2, 0.25) is 5.91 Å². The van der Waals surface area contributed by atoms with Gasteiger partial charge < -0.3 is 15.0 Å². The largest absolute Gasteiger partial charge is 0.454 e. The van der Waals surface area contributed by atoms with Crippen LogP contribution in [0.25, 0.3) is 0 Å². The summed E-state index contributed by atoms with van der Waals surface area (Å²) >= 11 is 1.60. The van der Waals surface area contributed by atoms with Gasteiger partial charge in [-0.25, -0.2) is 4.79 Å². The highest BCUT2D eigenvalue weighted by Crippen LogP contribution is 2.47. The highest BCUT2D eigenvalue weighted by molar-refractivity contribution is 8.01. The molecule has 0 spiro atoms. The van der Waals surface area contributed by atoms with Gasteiger partial charge in [0, 0.05) is 17.9 Å².